The minimum Gasteiger partial charge on any atom is -0.464 e. The smallest absolute Gasteiger partial charge is 0.331 e. The molecule has 8 nitrogen and oxygen atoms in total. The molecule has 0 aliphatic heterocycles. The van der Waals surface area contributed by atoms with E-state index in [0.717, 1.165) is 6.20 Å². The van der Waals surface area contributed by atoms with E-state index in [0.29, 0.717) is 0 Å². The number of nitrogens with zero attached hydrogens (tertiary/aromatic N) is 2. The van der Waals surface area contributed by atoms with Gasteiger partial charge < -0.3 is 9.64 Å². The van der Waals surface area contributed by atoms with Crippen LogP contribution in [0, 0.1) is 0 Å². The van der Waals surface area contributed by atoms with Crippen LogP contribution in [0.1, 0.15) is 31.1 Å². The van der Waals surface area contributed by atoms with Gasteiger partial charge in [0.1, 0.15) is 5.54 Å². The molecule has 0 radical (unpaired) electrons. The fraction of sp³-hybridized carbons (Fsp3) is 0.500. The Morgan fingerprint density at radius 1 is 1.35 bits per heavy atom. The molecule has 1 aromatic heterocycles. The van der Waals surface area contributed by atoms with Crippen molar-refractivity contribution >= 4 is 21.9 Å². The van der Waals surface area contributed by atoms with E-state index < -0.39 is 27.4 Å². The maximum Gasteiger partial charge on any atom is 0.331 e. The summed E-state index contributed by atoms with van der Waals surface area (Å²) in [5, 5.41) is -0.191. The zero-order chi connectivity index (χ0) is 17.8. The molecule has 1 heterocycles. The van der Waals surface area contributed by atoms with E-state index in [-0.39, 0.29) is 17.2 Å². The van der Waals surface area contributed by atoms with Crippen molar-refractivity contribution in [3.63, 3.8) is 0 Å². The van der Waals surface area contributed by atoms with Gasteiger partial charge in [0.25, 0.3) is 15.9 Å². The van der Waals surface area contributed by atoms with Gasteiger partial charge >= 0.3 is 5.97 Å². The van der Waals surface area contributed by atoms with Crippen LogP contribution in [-0.4, -0.2) is 56.4 Å². The zero-order valence-electron chi connectivity index (χ0n) is 13.8. The summed E-state index contributed by atoms with van der Waals surface area (Å²) in [6, 6.07) is 2.57. The summed E-state index contributed by atoms with van der Waals surface area (Å²) in [5.74, 6) is -0.998. The van der Waals surface area contributed by atoms with E-state index >= 15 is 0 Å². The van der Waals surface area contributed by atoms with Crippen molar-refractivity contribution < 1.29 is 22.7 Å². The molecule has 128 valence electrons. The lowest BCUT2D eigenvalue weighted by atomic mass is 10.0. The quantitative estimate of drug-likeness (QED) is 0.750. The molecule has 0 aliphatic carbocycles. The number of esters is 1. The van der Waals surface area contributed by atoms with Gasteiger partial charge in [0.15, 0.2) is 5.03 Å². The van der Waals surface area contributed by atoms with Gasteiger partial charge in [-0.3, -0.25) is 4.79 Å². The van der Waals surface area contributed by atoms with Crippen LogP contribution in [0.5, 0.6) is 0 Å². The zero-order valence-corrected chi connectivity index (χ0v) is 14.6. The summed E-state index contributed by atoms with van der Waals surface area (Å²) in [4.78, 5) is 29.4. The molecule has 0 saturated heterocycles. The van der Waals surface area contributed by atoms with Crippen molar-refractivity contribution in [2.75, 3.05) is 20.7 Å². The maximum atomic E-state index is 12.4. The van der Waals surface area contributed by atoms with Gasteiger partial charge in [-0.2, -0.15) is 0 Å². The lowest BCUT2D eigenvalue weighted by Gasteiger charge is -2.33. The molecule has 1 N–H and O–H groups in total. The number of amides is 1. The lowest BCUT2D eigenvalue weighted by molar-refractivity contribution is -0.153. The monoisotopic (exact) mass is 343 g/mol. The van der Waals surface area contributed by atoms with Gasteiger partial charge in [0.2, 0.25) is 0 Å². The molecule has 0 bridgehead atoms. The highest BCUT2D eigenvalue weighted by Gasteiger charge is 2.37. The number of likely N-dealkylation sites (N-methyl/N-ethyl adjacent to an activating group) is 1. The Balaban J connectivity index is 3.04. The Morgan fingerprint density at radius 2 is 1.96 bits per heavy atom. The highest BCUT2D eigenvalue weighted by atomic mass is 32.2. The van der Waals surface area contributed by atoms with Crippen molar-refractivity contribution in [3.05, 3.63) is 23.9 Å². The third kappa shape index (κ3) is 4.05. The topological polar surface area (TPSA) is 106 Å². The van der Waals surface area contributed by atoms with Gasteiger partial charge in [-0.1, -0.05) is 0 Å². The van der Waals surface area contributed by atoms with Crippen molar-refractivity contribution in [1.82, 2.24) is 14.6 Å². The molecule has 9 heteroatoms. The van der Waals surface area contributed by atoms with Gasteiger partial charge in [-0.15, -0.1) is 0 Å². The number of sulfonamides is 1. The minimum absolute atomic E-state index is 0.167. The Kier molecular flexibility index (Phi) is 5.84. The van der Waals surface area contributed by atoms with E-state index in [1.807, 2.05) is 0 Å². The summed E-state index contributed by atoms with van der Waals surface area (Å²) in [5.41, 5.74) is -0.997. The van der Waals surface area contributed by atoms with Crippen molar-refractivity contribution in [2.45, 2.75) is 31.3 Å². The maximum absolute atomic E-state index is 12.4. The molecule has 23 heavy (non-hydrogen) atoms. The first-order valence-corrected chi connectivity index (χ1v) is 8.41. The number of carbonyl (C=O) groups excluding carboxylic acids is 2. The highest BCUT2D eigenvalue weighted by molar-refractivity contribution is 7.89. The Hall–Kier alpha value is -2.00. The van der Waals surface area contributed by atoms with E-state index in [2.05, 4.69) is 9.71 Å². The van der Waals surface area contributed by atoms with Crippen LogP contribution < -0.4 is 4.72 Å². The first-order valence-electron chi connectivity index (χ1n) is 6.93. The first kappa shape index (κ1) is 19.0. The van der Waals surface area contributed by atoms with E-state index in [9.17, 15) is 18.0 Å². The second kappa shape index (κ2) is 7.05. The SMILES string of the molecule is CCOC(=O)C(C)(C)N(C)C(=O)c1ccc(S(=O)(=O)NC)nc1. The molecule has 0 spiro atoms. The van der Waals surface area contributed by atoms with E-state index in [1.54, 1.807) is 20.8 Å². The third-order valence-electron chi connectivity index (χ3n) is 3.45. The van der Waals surface area contributed by atoms with Crippen LogP contribution in [0.25, 0.3) is 0 Å². The second-order valence-corrected chi connectivity index (χ2v) is 7.07. The molecule has 0 aromatic carbocycles. The Labute approximate surface area is 135 Å². The second-order valence-electron chi connectivity index (χ2n) is 5.24. The van der Waals surface area contributed by atoms with E-state index in [4.69, 9.17) is 4.74 Å². The summed E-state index contributed by atoms with van der Waals surface area (Å²) in [7, 11) is -0.931. The van der Waals surface area contributed by atoms with Gasteiger partial charge in [-0.05, 0) is 40.0 Å². The van der Waals surface area contributed by atoms with Gasteiger partial charge in [0.05, 0.1) is 12.2 Å². The average Bonchev–Trinajstić information content (AvgIpc) is 2.53. The molecular weight excluding hydrogens is 322 g/mol. The van der Waals surface area contributed by atoms with Crippen LogP contribution >= 0.6 is 0 Å². The predicted octanol–water partition coefficient (Wildman–Crippen LogP) is 0.403. The van der Waals surface area contributed by atoms with Crippen LogP contribution in [0.3, 0.4) is 0 Å². The molecule has 0 atom stereocenters. The number of hydrogen-bond acceptors (Lipinski definition) is 6. The van der Waals surface area contributed by atoms with Crippen molar-refractivity contribution in [3.8, 4) is 0 Å². The fourth-order valence-electron chi connectivity index (χ4n) is 1.66. The standard InChI is InChI=1S/C14H21N3O5S/c1-6-22-13(19)14(2,3)17(5)12(18)10-7-8-11(16-9-10)23(20,21)15-4/h7-9,15H,6H2,1-5H3. The summed E-state index contributed by atoms with van der Waals surface area (Å²) in [6.45, 7) is 5.02. The molecule has 0 fully saturated rings. The highest BCUT2D eigenvalue weighted by Crippen LogP contribution is 2.18. The molecule has 1 amide bonds. The van der Waals surface area contributed by atoms with Crippen molar-refractivity contribution in [2.24, 2.45) is 0 Å². The van der Waals surface area contributed by atoms with Gasteiger partial charge in [-0.25, -0.2) is 22.9 Å². The van der Waals surface area contributed by atoms with Crippen molar-refractivity contribution in [1.29, 1.82) is 0 Å². The number of pyridine rings is 1. The average molecular weight is 343 g/mol. The Morgan fingerprint density at radius 3 is 2.39 bits per heavy atom. The first-order chi connectivity index (χ1) is 10.6. The Bertz CT molecular complexity index is 683. The van der Waals surface area contributed by atoms with Gasteiger partial charge in [0, 0.05) is 13.2 Å². The van der Waals surface area contributed by atoms with Crippen LogP contribution in [0.2, 0.25) is 0 Å². The summed E-state index contributed by atoms with van der Waals surface area (Å²) in [6.07, 6.45) is 1.16. The summed E-state index contributed by atoms with van der Waals surface area (Å²) < 4.78 is 30.3. The molecule has 0 unspecified atom stereocenters. The minimum atomic E-state index is -3.67. The molecule has 1 aromatic rings. The van der Waals surface area contributed by atoms with Crippen LogP contribution in [-0.2, 0) is 19.6 Å². The molecular formula is C14H21N3O5S. The molecule has 1 rings (SSSR count). The molecule has 0 saturated carbocycles. The largest absolute Gasteiger partial charge is 0.464 e. The number of aromatic nitrogens is 1. The summed E-state index contributed by atoms with van der Waals surface area (Å²) >= 11 is 0. The van der Waals surface area contributed by atoms with E-state index in [1.165, 1.54) is 31.1 Å². The molecule has 0 aliphatic rings. The third-order valence-corrected chi connectivity index (χ3v) is 4.78. The lowest BCUT2D eigenvalue weighted by Crippen LogP contribution is -2.51. The number of nitrogens with one attached hydrogen (secondary N) is 1. The van der Waals surface area contributed by atoms with Crippen LogP contribution in [0.15, 0.2) is 23.4 Å². The number of ether oxygens (including phenoxy) is 1. The number of hydrogen-bond donors (Lipinski definition) is 1. The number of rotatable bonds is 6. The predicted molar refractivity (Wildman–Crippen MR) is 83.3 cm³/mol. The normalized spacial score (nSPS) is 11.9. The van der Waals surface area contributed by atoms with Crippen LogP contribution in [0.4, 0.5) is 0 Å². The number of carbonyl (C=O) groups is 2. The fourth-order valence-corrected chi connectivity index (χ4v) is 2.31.